The minimum Gasteiger partial charge on any atom is -0.294 e. The Bertz CT molecular complexity index is 621. The summed E-state index contributed by atoms with van der Waals surface area (Å²) in [5.41, 5.74) is -0.248. The maximum atomic E-state index is 12.8. The van der Waals surface area contributed by atoms with Crippen molar-refractivity contribution < 1.29 is 18.0 Å². The van der Waals surface area contributed by atoms with E-state index in [1.807, 2.05) is 0 Å². The highest BCUT2D eigenvalue weighted by atomic mass is 19.4. The number of aryl methyl sites for hydroxylation is 1. The van der Waals surface area contributed by atoms with Gasteiger partial charge in [-0.05, 0) is 13.0 Å². The highest BCUT2D eigenvalue weighted by Gasteiger charge is 2.34. The third-order valence-electron chi connectivity index (χ3n) is 2.71. The van der Waals surface area contributed by atoms with Crippen molar-refractivity contribution in [2.75, 3.05) is 0 Å². The Morgan fingerprint density at radius 2 is 1.85 bits per heavy atom. The molecule has 0 N–H and O–H groups in total. The van der Waals surface area contributed by atoms with Crippen molar-refractivity contribution in [1.29, 1.82) is 0 Å². The average molecular weight is 280 g/mol. The molecule has 6 heteroatoms. The molecule has 3 nitrogen and oxygen atoms in total. The summed E-state index contributed by atoms with van der Waals surface area (Å²) in [6.07, 6.45) is -1.90. The largest absolute Gasteiger partial charge is 0.417 e. The number of halogens is 3. The predicted molar refractivity (Wildman–Crippen MR) is 66.2 cm³/mol. The van der Waals surface area contributed by atoms with Gasteiger partial charge >= 0.3 is 6.18 Å². The molecule has 1 heterocycles. The van der Waals surface area contributed by atoms with Gasteiger partial charge in [0, 0.05) is 18.0 Å². The van der Waals surface area contributed by atoms with E-state index in [1.165, 1.54) is 30.6 Å². The normalized spacial score (nSPS) is 11.4. The maximum Gasteiger partial charge on any atom is 0.417 e. The van der Waals surface area contributed by atoms with Crippen LogP contribution in [-0.2, 0) is 12.6 Å². The first-order valence-electron chi connectivity index (χ1n) is 5.85. The Morgan fingerprint density at radius 1 is 1.15 bits per heavy atom. The number of benzene rings is 1. The SMILES string of the molecule is Cc1cnc(CC(=O)c2ccccc2C(F)(F)F)cn1. The van der Waals surface area contributed by atoms with Gasteiger partial charge in [-0.1, -0.05) is 18.2 Å². The van der Waals surface area contributed by atoms with E-state index in [0.717, 1.165) is 6.07 Å². The molecule has 2 rings (SSSR count). The van der Waals surface area contributed by atoms with Gasteiger partial charge in [-0.2, -0.15) is 13.2 Å². The van der Waals surface area contributed by atoms with Gasteiger partial charge < -0.3 is 0 Å². The molecule has 1 aromatic carbocycles. The number of carbonyl (C=O) groups is 1. The highest BCUT2D eigenvalue weighted by Crippen LogP contribution is 2.32. The van der Waals surface area contributed by atoms with E-state index in [-0.39, 0.29) is 12.0 Å². The van der Waals surface area contributed by atoms with Crippen LogP contribution < -0.4 is 0 Å². The zero-order valence-electron chi connectivity index (χ0n) is 10.6. The summed E-state index contributed by atoms with van der Waals surface area (Å²) in [6, 6.07) is 4.73. The van der Waals surface area contributed by atoms with E-state index >= 15 is 0 Å². The molecule has 0 aliphatic rings. The van der Waals surface area contributed by atoms with E-state index < -0.39 is 17.5 Å². The summed E-state index contributed by atoms with van der Waals surface area (Å²) in [7, 11) is 0. The van der Waals surface area contributed by atoms with Crippen LogP contribution in [0.15, 0.2) is 36.7 Å². The van der Waals surface area contributed by atoms with Crippen molar-refractivity contribution in [3.63, 3.8) is 0 Å². The number of aromatic nitrogens is 2. The Balaban J connectivity index is 2.28. The molecular weight excluding hydrogens is 269 g/mol. The van der Waals surface area contributed by atoms with Crippen LogP contribution in [0.3, 0.4) is 0 Å². The van der Waals surface area contributed by atoms with Gasteiger partial charge in [0.15, 0.2) is 5.78 Å². The number of rotatable bonds is 3. The second-order valence-corrected chi connectivity index (χ2v) is 4.29. The molecule has 0 aliphatic carbocycles. The molecule has 2 aromatic rings. The molecule has 0 bridgehead atoms. The molecular formula is C14H11F3N2O. The van der Waals surface area contributed by atoms with E-state index in [4.69, 9.17) is 0 Å². The standard InChI is InChI=1S/C14H11F3N2O/c1-9-7-19-10(8-18-9)6-13(20)11-4-2-3-5-12(11)14(15,16)17/h2-5,7-8H,6H2,1H3. The van der Waals surface area contributed by atoms with Crippen LogP contribution in [0, 0.1) is 6.92 Å². The van der Waals surface area contributed by atoms with Crippen LogP contribution in [-0.4, -0.2) is 15.8 Å². The molecule has 0 amide bonds. The van der Waals surface area contributed by atoms with Crippen molar-refractivity contribution in [1.82, 2.24) is 9.97 Å². The molecule has 0 saturated heterocycles. The fourth-order valence-corrected chi connectivity index (χ4v) is 1.74. The monoisotopic (exact) mass is 280 g/mol. The van der Waals surface area contributed by atoms with E-state index in [2.05, 4.69) is 9.97 Å². The first-order chi connectivity index (χ1) is 9.38. The number of ketones is 1. The molecule has 0 radical (unpaired) electrons. The van der Waals surface area contributed by atoms with Gasteiger partial charge in [0.1, 0.15) is 0 Å². The Kier molecular flexibility index (Phi) is 3.83. The van der Waals surface area contributed by atoms with Gasteiger partial charge in [-0.15, -0.1) is 0 Å². The number of alkyl halides is 3. The first-order valence-corrected chi connectivity index (χ1v) is 5.85. The Morgan fingerprint density at radius 3 is 2.45 bits per heavy atom. The van der Waals surface area contributed by atoms with Crippen molar-refractivity contribution >= 4 is 5.78 Å². The fraction of sp³-hybridized carbons (Fsp3) is 0.214. The van der Waals surface area contributed by atoms with Crippen LogP contribution >= 0.6 is 0 Å². The highest BCUT2D eigenvalue weighted by molar-refractivity contribution is 5.98. The quantitative estimate of drug-likeness (QED) is 0.811. The number of nitrogens with zero attached hydrogens (tertiary/aromatic N) is 2. The Hall–Kier alpha value is -2.24. The second kappa shape index (κ2) is 5.40. The van der Waals surface area contributed by atoms with Crippen molar-refractivity contribution in [3.8, 4) is 0 Å². The fourth-order valence-electron chi connectivity index (χ4n) is 1.74. The van der Waals surface area contributed by atoms with Gasteiger partial charge in [0.2, 0.25) is 0 Å². The first kappa shape index (κ1) is 14.2. The predicted octanol–water partition coefficient (Wildman–Crippen LogP) is 3.23. The van der Waals surface area contributed by atoms with Crippen LogP contribution in [0.25, 0.3) is 0 Å². The Labute approximate surface area is 113 Å². The van der Waals surface area contributed by atoms with Gasteiger partial charge in [0.05, 0.1) is 23.4 Å². The van der Waals surface area contributed by atoms with E-state index in [9.17, 15) is 18.0 Å². The van der Waals surface area contributed by atoms with Crippen LogP contribution in [0.2, 0.25) is 0 Å². The summed E-state index contributed by atoms with van der Waals surface area (Å²) < 4.78 is 38.5. The molecule has 0 spiro atoms. The number of hydrogen-bond acceptors (Lipinski definition) is 3. The molecule has 1 aromatic heterocycles. The average Bonchev–Trinajstić information content (AvgIpc) is 2.40. The van der Waals surface area contributed by atoms with Gasteiger partial charge in [-0.3, -0.25) is 14.8 Å². The third kappa shape index (κ3) is 3.20. The lowest BCUT2D eigenvalue weighted by Crippen LogP contribution is -2.15. The molecule has 20 heavy (non-hydrogen) atoms. The van der Waals surface area contributed by atoms with Crippen molar-refractivity contribution in [3.05, 3.63) is 59.2 Å². The minimum atomic E-state index is -4.55. The molecule has 0 atom stereocenters. The zero-order valence-corrected chi connectivity index (χ0v) is 10.6. The third-order valence-corrected chi connectivity index (χ3v) is 2.71. The van der Waals surface area contributed by atoms with Crippen molar-refractivity contribution in [2.24, 2.45) is 0 Å². The van der Waals surface area contributed by atoms with E-state index in [1.54, 1.807) is 6.92 Å². The summed E-state index contributed by atoms with van der Waals surface area (Å²) in [4.78, 5) is 19.9. The summed E-state index contributed by atoms with van der Waals surface area (Å²) in [5, 5.41) is 0. The molecule has 0 saturated carbocycles. The number of hydrogen-bond donors (Lipinski definition) is 0. The minimum absolute atomic E-state index is 0.208. The van der Waals surface area contributed by atoms with Gasteiger partial charge in [-0.25, -0.2) is 0 Å². The summed E-state index contributed by atoms with van der Waals surface area (Å²) in [5.74, 6) is -0.629. The summed E-state index contributed by atoms with van der Waals surface area (Å²) >= 11 is 0. The molecule has 0 unspecified atom stereocenters. The zero-order chi connectivity index (χ0) is 14.8. The number of carbonyl (C=O) groups excluding carboxylic acids is 1. The van der Waals surface area contributed by atoms with Crippen molar-refractivity contribution in [2.45, 2.75) is 19.5 Å². The lowest BCUT2D eigenvalue weighted by molar-refractivity contribution is -0.137. The van der Waals surface area contributed by atoms with Crippen LogP contribution in [0.5, 0.6) is 0 Å². The topological polar surface area (TPSA) is 42.9 Å². The maximum absolute atomic E-state index is 12.8. The van der Waals surface area contributed by atoms with Crippen LogP contribution in [0.4, 0.5) is 13.2 Å². The lowest BCUT2D eigenvalue weighted by Gasteiger charge is -2.11. The molecule has 104 valence electrons. The lowest BCUT2D eigenvalue weighted by atomic mass is 10.0. The smallest absolute Gasteiger partial charge is 0.294 e. The van der Waals surface area contributed by atoms with Gasteiger partial charge in [0.25, 0.3) is 0 Å². The van der Waals surface area contributed by atoms with Crippen LogP contribution in [0.1, 0.15) is 27.3 Å². The number of Topliss-reactive ketones (excluding diaryl/α,β-unsaturated/α-hetero) is 1. The van der Waals surface area contributed by atoms with E-state index in [0.29, 0.717) is 11.4 Å². The molecule has 0 aliphatic heterocycles. The molecule has 0 fully saturated rings. The second-order valence-electron chi connectivity index (χ2n) is 4.29. The summed E-state index contributed by atoms with van der Waals surface area (Å²) in [6.45, 7) is 1.73.